The number of nitrogens with zero attached hydrogens (tertiary/aromatic N) is 3. The van der Waals surface area contributed by atoms with Gasteiger partial charge in [0.2, 0.25) is 11.8 Å². The second kappa shape index (κ2) is 9.91. The highest BCUT2D eigenvalue weighted by atomic mass is 35.5. The van der Waals surface area contributed by atoms with Crippen LogP contribution in [0.25, 0.3) is 0 Å². The third-order valence-corrected chi connectivity index (χ3v) is 5.21. The molecule has 8 nitrogen and oxygen atoms in total. The van der Waals surface area contributed by atoms with Crippen molar-refractivity contribution in [1.82, 2.24) is 9.80 Å². The number of likely N-dealkylation sites (N-methyl/N-ethyl adjacent to an activating group) is 1. The summed E-state index contributed by atoms with van der Waals surface area (Å²) in [5.41, 5.74) is 2.12. The summed E-state index contributed by atoms with van der Waals surface area (Å²) in [6.45, 7) is 2.39. The monoisotopic (exact) mass is 444 g/mol. The summed E-state index contributed by atoms with van der Waals surface area (Å²) in [5.74, 6) is -0.505. The molecule has 1 N–H and O–H groups in total. The minimum atomic E-state index is -0.260. The first-order chi connectivity index (χ1) is 14.5. The summed E-state index contributed by atoms with van der Waals surface area (Å²) in [4.78, 5) is 43.5. The first kappa shape index (κ1) is 22.7. The fourth-order valence-electron chi connectivity index (χ4n) is 3.72. The van der Waals surface area contributed by atoms with E-state index in [1.54, 1.807) is 58.1 Å². The van der Waals surface area contributed by atoms with Gasteiger partial charge in [0, 0.05) is 13.1 Å². The average Bonchev–Trinajstić information content (AvgIpc) is 2.88. The molecule has 0 aromatic heterocycles. The molecule has 0 spiro atoms. The second-order valence-electron chi connectivity index (χ2n) is 7.38. The number of hydrogen-bond donors (Lipinski definition) is 1. The lowest BCUT2D eigenvalue weighted by atomic mass is 10.1. The van der Waals surface area contributed by atoms with Crippen molar-refractivity contribution in [3.63, 3.8) is 0 Å². The van der Waals surface area contributed by atoms with E-state index in [9.17, 15) is 14.4 Å². The average molecular weight is 445 g/mol. The molecular weight excluding hydrogens is 420 g/mol. The number of amides is 3. The first-order valence-corrected chi connectivity index (χ1v) is 9.91. The maximum atomic E-state index is 13.4. The predicted octanol–water partition coefficient (Wildman–Crippen LogP) is 2.13. The van der Waals surface area contributed by atoms with Gasteiger partial charge >= 0.3 is 0 Å². The van der Waals surface area contributed by atoms with Gasteiger partial charge in [-0.05, 0) is 31.3 Å². The molecule has 2 aromatic carbocycles. The van der Waals surface area contributed by atoms with Gasteiger partial charge in [-0.2, -0.15) is 0 Å². The van der Waals surface area contributed by atoms with E-state index in [1.807, 2.05) is 12.1 Å². The van der Waals surface area contributed by atoms with Crippen molar-refractivity contribution < 1.29 is 19.1 Å². The second-order valence-corrected chi connectivity index (χ2v) is 7.38. The zero-order valence-electron chi connectivity index (χ0n) is 17.2. The number of anilines is 3. The Balaban J connectivity index is 0.00000272. The Morgan fingerprint density at radius 2 is 1.58 bits per heavy atom. The van der Waals surface area contributed by atoms with Crippen molar-refractivity contribution in [3.05, 3.63) is 54.1 Å². The highest BCUT2D eigenvalue weighted by Gasteiger charge is 2.30. The van der Waals surface area contributed by atoms with Crippen molar-refractivity contribution >= 4 is 47.2 Å². The Kier molecular flexibility index (Phi) is 7.27. The van der Waals surface area contributed by atoms with Gasteiger partial charge in [-0.15, -0.1) is 12.4 Å². The van der Waals surface area contributed by atoms with E-state index in [1.165, 1.54) is 0 Å². The number of carbonyl (C=O) groups is 3. The van der Waals surface area contributed by atoms with E-state index in [2.05, 4.69) is 5.32 Å². The van der Waals surface area contributed by atoms with Crippen LogP contribution in [0.1, 0.15) is 10.4 Å². The van der Waals surface area contributed by atoms with Crippen LogP contribution in [0.4, 0.5) is 17.1 Å². The molecule has 0 saturated carbocycles. The number of ether oxygens (including phenoxy) is 1. The Morgan fingerprint density at radius 1 is 0.968 bits per heavy atom. The van der Waals surface area contributed by atoms with Gasteiger partial charge in [-0.1, -0.05) is 24.3 Å². The molecule has 3 amide bonds. The lowest BCUT2D eigenvalue weighted by molar-refractivity contribution is -0.136. The Morgan fingerprint density at radius 3 is 2.32 bits per heavy atom. The van der Waals surface area contributed by atoms with Crippen molar-refractivity contribution in [2.75, 3.05) is 56.7 Å². The molecule has 31 heavy (non-hydrogen) atoms. The van der Waals surface area contributed by atoms with Crippen molar-refractivity contribution in [3.8, 4) is 0 Å². The number of rotatable bonds is 4. The fraction of sp³-hybridized carbons (Fsp3) is 0.318. The third-order valence-electron chi connectivity index (χ3n) is 5.21. The minimum absolute atomic E-state index is 0. The van der Waals surface area contributed by atoms with Crippen molar-refractivity contribution in [1.29, 1.82) is 0 Å². The van der Waals surface area contributed by atoms with Gasteiger partial charge < -0.3 is 15.0 Å². The maximum absolute atomic E-state index is 13.4. The zero-order chi connectivity index (χ0) is 21.1. The molecule has 2 aromatic rings. The molecule has 9 heteroatoms. The van der Waals surface area contributed by atoms with Gasteiger partial charge in [0.1, 0.15) is 0 Å². The van der Waals surface area contributed by atoms with Crippen LogP contribution in [-0.4, -0.2) is 74.0 Å². The molecule has 164 valence electrons. The molecule has 1 saturated heterocycles. The fourth-order valence-corrected chi connectivity index (χ4v) is 3.72. The molecule has 0 bridgehead atoms. The number of fused-ring (bicyclic) bond motifs is 2. The zero-order valence-corrected chi connectivity index (χ0v) is 18.1. The maximum Gasteiger partial charge on any atom is 0.257 e. The van der Waals surface area contributed by atoms with Gasteiger partial charge in [-0.25, -0.2) is 0 Å². The number of carbonyl (C=O) groups excluding carboxylic acids is 3. The van der Waals surface area contributed by atoms with E-state index in [-0.39, 0.29) is 43.2 Å². The van der Waals surface area contributed by atoms with E-state index in [0.29, 0.717) is 48.9 Å². The quantitative estimate of drug-likeness (QED) is 0.781. The number of halogens is 1. The smallest absolute Gasteiger partial charge is 0.257 e. The summed E-state index contributed by atoms with van der Waals surface area (Å²) in [6.07, 6.45) is 0. The van der Waals surface area contributed by atoms with Crippen LogP contribution in [0.2, 0.25) is 0 Å². The number of benzene rings is 2. The normalized spacial score (nSPS) is 15.4. The molecule has 2 aliphatic rings. The van der Waals surface area contributed by atoms with Crippen molar-refractivity contribution in [2.45, 2.75) is 0 Å². The van der Waals surface area contributed by atoms with E-state index in [4.69, 9.17) is 4.74 Å². The molecule has 0 atom stereocenters. The molecule has 1 fully saturated rings. The molecule has 0 aliphatic carbocycles. The molecular formula is C22H25ClN4O4. The summed E-state index contributed by atoms with van der Waals surface area (Å²) >= 11 is 0. The lowest BCUT2D eigenvalue weighted by Crippen LogP contribution is -2.46. The molecule has 4 rings (SSSR count). The minimum Gasteiger partial charge on any atom is -0.378 e. The van der Waals surface area contributed by atoms with E-state index < -0.39 is 0 Å². The number of nitrogens with one attached hydrogen (secondary N) is 1. The largest absolute Gasteiger partial charge is 0.378 e. The van der Waals surface area contributed by atoms with Crippen molar-refractivity contribution in [2.24, 2.45) is 0 Å². The molecule has 2 aliphatic heterocycles. The Hall–Kier alpha value is -2.94. The molecule has 0 radical (unpaired) electrons. The molecule has 2 heterocycles. The Labute approximate surface area is 187 Å². The molecule has 0 unspecified atom stereocenters. The van der Waals surface area contributed by atoms with Crippen LogP contribution in [0.15, 0.2) is 48.5 Å². The number of para-hydroxylation sites is 3. The summed E-state index contributed by atoms with van der Waals surface area (Å²) < 4.78 is 5.28. The van der Waals surface area contributed by atoms with E-state index in [0.717, 1.165) is 0 Å². The van der Waals surface area contributed by atoms with Gasteiger partial charge in [0.15, 0.2) is 0 Å². The standard InChI is InChI=1S/C22H24N4O4.ClH/c1-24(14-20(27)25-10-12-30-13-11-25)15-21(28)26-18-8-4-2-6-16(18)22(29)23-17-7-3-5-9-19(17)26;/h2-9H,10-15H2,1H3,(H,23,29);1H. The first-order valence-electron chi connectivity index (χ1n) is 9.91. The number of hydrogen-bond acceptors (Lipinski definition) is 5. The van der Waals surface area contributed by atoms with Crippen LogP contribution in [0.5, 0.6) is 0 Å². The van der Waals surface area contributed by atoms with Crippen LogP contribution >= 0.6 is 12.4 Å². The highest BCUT2D eigenvalue weighted by Crippen LogP contribution is 2.37. The predicted molar refractivity (Wildman–Crippen MR) is 120 cm³/mol. The SMILES string of the molecule is CN(CC(=O)N1CCOCC1)CC(=O)N1c2ccccc2NC(=O)c2ccccc21.Cl. The third kappa shape index (κ3) is 4.87. The van der Waals surface area contributed by atoms with Crippen LogP contribution in [0.3, 0.4) is 0 Å². The van der Waals surface area contributed by atoms with Gasteiger partial charge in [0.25, 0.3) is 5.91 Å². The van der Waals surface area contributed by atoms with Gasteiger partial charge in [-0.3, -0.25) is 24.2 Å². The van der Waals surface area contributed by atoms with Gasteiger partial charge in [0.05, 0.1) is 48.9 Å². The topological polar surface area (TPSA) is 82.2 Å². The Bertz CT molecular complexity index is 977. The number of morpholine rings is 1. The van der Waals surface area contributed by atoms with Crippen LogP contribution in [0, 0.1) is 0 Å². The summed E-state index contributed by atoms with van der Waals surface area (Å²) in [7, 11) is 1.75. The summed E-state index contributed by atoms with van der Waals surface area (Å²) in [6, 6.07) is 14.2. The lowest BCUT2D eigenvalue weighted by Gasteiger charge is -2.30. The highest BCUT2D eigenvalue weighted by molar-refractivity contribution is 6.17. The van der Waals surface area contributed by atoms with Crippen LogP contribution in [-0.2, 0) is 14.3 Å². The van der Waals surface area contributed by atoms with Crippen LogP contribution < -0.4 is 10.2 Å². The van der Waals surface area contributed by atoms with E-state index >= 15 is 0 Å². The summed E-state index contributed by atoms with van der Waals surface area (Å²) in [5, 5.41) is 2.87.